The lowest BCUT2D eigenvalue weighted by Gasteiger charge is -2.13. The fourth-order valence-electron chi connectivity index (χ4n) is 3.56. The Labute approximate surface area is 206 Å². The van der Waals surface area contributed by atoms with Crippen LogP contribution in [-0.2, 0) is 0 Å². The lowest BCUT2D eigenvalue weighted by molar-refractivity contribution is 0.102. The number of ether oxygens (including phenoxy) is 3. The van der Waals surface area contributed by atoms with E-state index < -0.39 is 23.3 Å². The highest BCUT2D eigenvalue weighted by Gasteiger charge is 2.26. The van der Waals surface area contributed by atoms with Crippen LogP contribution in [0.5, 0.6) is 23.0 Å². The number of pyridine rings is 2. The van der Waals surface area contributed by atoms with Gasteiger partial charge in [-0.1, -0.05) is 6.92 Å². The maximum absolute atomic E-state index is 14.9. The summed E-state index contributed by atoms with van der Waals surface area (Å²) in [7, 11) is 0. The maximum Gasteiger partial charge on any atom is 0.261 e. The molecule has 7 nitrogen and oxygen atoms in total. The van der Waals surface area contributed by atoms with Crippen molar-refractivity contribution in [3.63, 3.8) is 0 Å². The Kier molecular flexibility index (Phi) is 6.62. The van der Waals surface area contributed by atoms with Crippen LogP contribution in [0.15, 0.2) is 61.1 Å². The number of hydrogen-bond acceptors (Lipinski definition) is 6. The van der Waals surface area contributed by atoms with Crippen molar-refractivity contribution in [1.82, 2.24) is 9.97 Å². The minimum Gasteiger partial charge on any atom is -0.494 e. The number of benzene rings is 2. The van der Waals surface area contributed by atoms with Gasteiger partial charge in [-0.15, -0.1) is 0 Å². The van der Waals surface area contributed by atoms with Crippen LogP contribution in [0.1, 0.15) is 36.5 Å². The number of carbonyl (C=O) groups is 1. The molecule has 1 amide bonds. The molecule has 4 aromatic rings. The van der Waals surface area contributed by atoms with Gasteiger partial charge in [0.2, 0.25) is 0 Å². The Morgan fingerprint density at radius 3 is 2.58 bits per heavy atom. The van der Waals surface area contributed by atoms with Crippen molar-refractivity contribution < 1.29 is 27.8 Å². The summed E-state index contributed by atoms with van der Waals surface area (Å²) in [6, 6.07) is 10.3. The van der Waals surface area contributed by atoms with E-state index in [2.05, 4.69) is 15.3 Å². The van der Waals surface area contributed by atoms with Crippen LogP contribution < -0.4 is 19.5 Å². The van der Waals surface area contributed by atoms with Crippen LogP contribution in [-0.4, -0.2) is 28.6 Å². The van der Waals surface area contributed by atoms with Crippen molar-refractivity contribution >= 4 is 22.5 Å². The predicted molar refractivity (Wildman–Crippen MR) is 130 cm³/mol. The third-order valence-electron chi connectivity index (χ3n) is 5.46. The van der Waals surface area contributed by atoms with E-state index in [9.17, 15) is 13.6 Å². The number of hydrogen-bond donors (Lipinski definition) is 1. The quantitative estimate of drug-likeness (QED) is 0.297. The van der Waals surface area contributed by atoms with Gasteiger partial charge in [0, 0.05) is 47.9 Å². The predicted octanol–water partition coefficient (Wildman–Crippen LogP) is 6.28. The van der Waals surface area contributed by atoms with Gasteiger partial charge in [-0.05, 0) is 43.5 Å². The zero-order chi connectivity index (χ0) is 25.1. The van der Waals surface area contributed by atoms with E-state index in [1.165, 1.54) is 24.7 Å². The Bertz CT molecular complexity index is 1400. The number of carbonyl (C=O) groups excluding carboxylic acids is 1. The van der Waals surface area contributed by atoms with Gasteiger partial charge in [0.25, 0.3) is 5.91 Å². The number of aromatic nitrogens is 2. The first-order valence-electron chi connectivity index (χ1n) is 11.6. The lowest BCUT2D eigenvalue weighted by Crippen LogP contribution is -2.15. The number of anilines is 1. The van der Waals surface area contributed by atoms with E-state index >= 15 is 0 Å². The van der Waals surface area contributed by atoms with Crippen molar-refractivity contribution in [3.8, 4) is 23.0 Å². The second-order valence-corrected chi connectivity index (χ2v) is 8.35. The molecule has 2 heterocycles. The number of halogens is 2. The molecular formula is C27H23F2N3O4. The van der Waals surface area contributed by atoms with Gasteiger partial charge in [-0.3, -0.25) is 14.8 Å². The molecule has 0 aliphatic heterocycles. The van der Waals surface area contributed by atoms with Crippen LogP contribution >= 0.6 is 0 Å². The van der Waals surface area contributed by atoms with Crippen LogP contribution in [0, 0.1) is 11.6 Å². The average Bonchev–Trinajstić information content (AvgIpc) is 3.69. The zero-order valence-corrected chi connectivity index (χ0v) is 19.5. The monoisotopic (exact) mass is 491 g/mol. The second-order valence-electron chi connectivity index (χ2n) is 8.35. The van der Waals surface area contributed by atoms with E-state index in [0.29, 0.717) is 29.0 Å². The summed E-state index contributed by atoms with van der Waals surface area (Å²) < 4.78 is 46.8. The van der Waals surface area contributed by atoms with Gasteiger partial charge < -0.3 is 19.5 Å². The molecule has 0 unspecified atom stereocenters. The van der Waals surface area contributed by atoms with Crippen molar-refractivity contribution in [1.29, 1.82) is 0 Å². The van der Waals surface area contributed by atoms with E-state index in [4.69, 9.17) is 14.2 Å². The first-order valence-corrected chi connectivity index (χ1v) is 11.6. The van der Waals surface area contributed by atoms with Crippen molar-refractivity contribution in [2.45, 2.75) is 32.3 Å². The molecule has 1 saturated carbocycles. The standard InChI is InChI=1S/C27H23F2N3O4/c1-2-11-34-18-5-6-19-23(14-18)31-10-8-24(19)36-26-21(28)12-16(13-22(26)29)32-27(33)20-15-30-9-7-25(20)35-17-3-4-17/h5-10,12-15,17H,2-4,11H2,1H3,(H,32,33). The summed E-state index contributed by atoms with van der Waals surface area (Å²) in [4.78, 5) is 21.0. The highest BCUT2D eigenvalue weighted by atomic mass is 19.1. The normalized spacial score (nSPS) is 12.9. The summed E-state index contributed by atoms with van der Waals surface area (Å²) >= 11 is 0. The van der Waals surface area contributed by atoms with Crippen molar-refractivity contribution in [2.24, 2.45) is 0 Å². The summed E-state index contributed by atoms with van der Waals surface area (Å²) in [6.07, 6.45) is 7.13. The Morgan fingerprint density at radius 2 is 1.83 bits per heavy atom. The van der Waals surface area contributed by atoms with Gasteiger partial charge in [0.15, 0.2) is 17.4 Å². The molecule has 1 aliphatic rings. The molecule has 0 radical (unpaired) electrons. The molecule has 2 aromatic carbocycles. The molecule has 36 heavy (non-hydrogen) atoms. The van der Waals surface area contributed by atoms with Crippen molar-refractivity contribution in [3.05, 3.63) is 78.3 Å². The molecule has 0 saturated heterocycles. The number of nitrogens with zero attached hydrogens (tertiary/aromatic N) is 2. The van der Waals surface area contributed by atoms with Crippen LogP contribution in [0.2, 0.25) is 0 Å². The second kappa shape index (κ2) is 10.2. The molecule has 9 heteroatoms. The molecule has 5 rings (SSSR count). The highest BCUT2D eigenvalue weighted by Crippen LogP contribution is 2.35. The number of rotatable bonds is 9. The largest absolute Gasteiger partial charge is 0.494 e. The summed E-state index contributed by atoms with van der Waals surface area (Å²) in [6.45, 7) is 2.57. The van der Waals surface area contributed by atoms with E-state index in [1.54, 1.807) is 24.3 Å². The molecule has 1 N–H and O–H groups in total. The smallest absolute Gasteiger partial charge is 0.261 e. The minimum absolute atomic E-state index is 0.0686. The topological polar surface area (TPSA) is 82.6 Å². The van der Waals surface area contributed by atoms with E-state index in [1.807, 2.05) is 6.92 Å². The summed E-state index contributed by atoms with van der Waals surface area (Å²) in [5, 5.41) is 3.07. The fraction of sp³-hybridized carbons (Fsp3) is 0.222. The van der Waals surface area contributed by atoms with Crippen LogP contribution in [0.25, 0.3) is 10.9 Å². The number of nitrogens with one attached hydrogen (secondary N) is 1. The Balaban J connectivity index is 1.36. The molecule has 0 atom stereocenters. The third-order valence-corrected chi connectivity index (χ3v) is 5.46. The number of fused-ring (bicyclic) bond motifs is 1. The molecule has 1 aliphatic carbocycles. The Hall–Kier alpha value is -4.27. The number of amides is 1. The third kappa shape index (κ3) is 5.19. The van der Waals surface area contributed by atoms with E-state index in [-0.39, 0.29) is 23.1 Å². The van der Waals surface area contributed by atoms with Gasteiger partial charge in [0.05, 0.1) is 23.8 Å². The zero-order valence-electron chi connectivity index (χ0n) is 19.5. The summed E-state index contributed by atoms with van der Waals surface area (Å²) in [5.74, 6) is -1.88. The fourth-order valence-corrected chi connectivity index (χ4v) is 3.56. The van der Waals surface area contributed by atoms with Gasteiger partial charge in [0.1, 0.15) is 17.2 Å². The van der Waals surface area contributed by atoms with Crippen LogP contribution in [0.3, 0.4) is 0 Å². The SMILES string of the molecule is CCCOc1ccc2c(Oc3c(F)cc(NC(=O)c4cnccc4OC4CC4)cc3F)ccnc2c1. The first-order chi connectivity index (χ1) is 17.5. The minimum atomic E-state index is -0.973. The van der Waals surface area contributed by atoms with Gasteiger partial charge in [-0.25, -0.2) is 8.78 Å². The Morgan fingerprint density at radius 1 is 1.06 bits per heavy atom. The molecular weight excluding hydrogens is 468 g/mol. The molecule has 0 bridgehead atoms. The molecule has 184 valence electrons. The first kappa shape index (κ1) is 23.5. The summed E-state index contributed by atoms with van der Waals surface area (Å²) in [5.41, 5.74) is 0.670. The molecule has 2 aromatic heterocycles. The highest BCUT2D eigenvalue weighted by molar-refractivity contribution is 6.06. The maximum atomic E-state index is 14.9. The van der Waals surface area contributed by atoms with E-state index in [0.717, 1.165) is 31.4 Å². The van der Waals surface area contributed by atoms with Crippen LogP contribution in [0.4, 0.5) is 14.5 Å². The average molecular weight is 491 g/mol. The van der Waals surface area contributed by atoms with Gasteiger partial charge >= 0.3 is 0 Å². The molecule has 0 spiro atoms. The lowest BCUT2D eigenvalue weighted by atomic mass is 10.2. The van der Waals surface area contributed by atoms with Gasteiger partial charge in [-0.2, -0.15) is 0 Å². The molecule has 1 fully saturated rings. The van der Waals surface area contributed by atoms with Crippen molar-refractivity contribution in [2.75, 3.05) is 11.9 Å².